The molecule has 0 spiro atoms. The molecule has 1 aliphatic rings. The summed E-state index contributed by atoms with van der Waals surface area (Å²) in [6.07, 6.45) is 5.09. The molecule has 1 rings (SSSR count). The fourth-order valence-electron chi connectivity index (χ4n) is 3.28. The van der Waals surface area contributed by atoms with Gasteiger partial charge in [-0.05, 0) is 49.9 Å². The van der Waals surface area contributed by atoms with Gasteiger partial charge in [-0.3, -0.25) is 4.79 Å². The molecule has 0 aromatic rings. The zero-order chi connectivity index (χ0) is 15.9. The van der Waals surface area contributed by atoms with Crippen LogP contribution in [-0.2, 0) is 14.3 Å². The maximum Gasteiger partial charge on any atom is 0.309 e. The van der Waals surface area contributed by atoms with Gasteiger partial charge in [0.2, 0.25) is 0 Å². The Balaban J connectivity index is 2.41. The predicted octanol–water partition coefficient (Wildman–Crippen LogP) is 3.74. The Labute approximate surface area is 129 Å². The average molecular weight is 300 g/mol. The van der Waals surface area contributed by atoms with Crippen LogP contribution < -0.4 is 0 Å². The highest BCUT2D eigenvalue weighted by Gasteiger charge is 2.43. The molecule has 0 heterocycles. The van der Waals surface area contributed by atoms with Gasteiger partial charge in [-0.1, -0.05) is 20.8 Å². The highest BCUT2D eigenvalue weighted by molar-refractivity contribution is 5.74. The van der Waals surface area contributed by atoms with Gasteiger partial charge in [0, 0.05) is 26.9 Å². The lowest BCUT2D eigenvalue weighted by molar-refractivity contribution is -0.154. The first-order chi connectivity index (χ1) is 9.82. The molecule has 0 aromatic heterocycles. The molecule has 0 atom stereocenters. The second-order valence-corrected chi connectivity index (χ2v) is 7.43. The summed E-state index contributed by atoms with van der Waals surface area (Å²) in [5.74, 6) is -0.0112. The van der Waals surface area contributed by atoms with Gasteiger partial charge in [0.1, 0.15) is 0 Å². The molecule has 0 unspecified atom stereocenters. The van der Waals surface area contributed by atoms with Crippen LogP contribution >= 0.6 is 0 Å². The third-order valence-corrected chi connectivity index (χ3v) is 4.98. The minimum atomic E-state index is -0.643. The molecule has 0 aromatic carbocycles. The number of ether oxygens (including phenoxy) is 2. The molecular formula is C17H32O4. The fraction of sp³-hybridized carbons (Fsp3) is 0.941. The molecule has 124 valence electrons. The first-order valence-electron chi connectivity index (χ1n) is 8.12. The van der Waals surface area contributed by atoms with Crippen LogP contribution in [0.25, 0.3) is 0 Å². The second-order valence-electron chi connectivity index (χ2n) is 7.43. The van der Waals surface area contributed by atoms with Crippen molar-refractivity contribution in [3.63, 3.8) is 0 Å². The van der Waals surface area contributed by atoms with Gasteiger partial charge in [-0.25, -0.2) is 0 Å². The Bertz CT molecular complexity index is 311. The average Bonchev–Trinajstić information content (AvgIpc) is 2.42. The van der Waals surface area contributed by atoms with Gasteiger partial charge in [-0.15, -0.1) is 0 Å². The maximum absolute atomic E-state index is 11.7. The Morgan fingerprint density at radius 3 is 2.29 bits per heavy atom. The van der Waals surface area contributed by atoms with Crippen molar-refractivity contribution in [3.8, 4) is 0 Å². The van der Waals surface area contributed by atoms with Gasteiger partial charge < -0.3 is 14.6 Å². The van der Waals surface area contributed by atoms with Crippen LogP contribution in [0.4, 0.5) is 0 Å². The van der Waals surface area contributed by atoms with Crippen molar-refractivity contribution in [2.24, 2.45) is 16.7 Å². The van der Waals surface area contributed by atoms with E-state index in [1.807, 2.05) is 0 Å². The van der Waals surface area contributed by atoms with Crippen molar-refractivity contribution in [2.75, 3.05) is 26.9 Å². The number of carbonyl (C=O) groups is 1. The number of carboxylic acids is 1. The van der Waals surface area contributed by atoms with Gasteiger partial charge in [-0.2, -0.15) is 0 Å². The summed E-state index contributed by atoms with van der Waals surface area (Å²) in [6.45, 7) is 8.64. The third kappa shape index (κ3) is 5.59. The second kappa shape index (κ2) is 8.14. The summed E-state index contributed by atoms with van der Waals surface area (Å²) in [5.41, 5.74) is -0.287. The summed E-state index contributed by atoms with van der Waals surface area (Å²) < 4.78 is 10.5. The van der Waals surface area contributed by atoms with E-state index in [0.29, 0.717) is 32.2 Å². The van der Waals surface area contributed by atoms with Crippen molar-refractivity contribution in [1.29, 1.82) is 0 Å². The standard InChI is InChI=1S/C17H32O4/c1-16(2,3)14-6-8-17(9-7-14,15(18)19)10-13-21-12-5-11-20-4/h14H,5-13H2,1-4H3,(H,18,19). The first kappa shape index (κ1) is 18.4. The van der Waals surface area contributed by atoms with Gasteiger partial charge in [0.25, 0.3) is 0 Å². The van der Waals surface area contributed by atoms with Crippen LogP contribution in [0.2, 0.25) is 0 Å². The van der Waals surface area contributed by atoms with Gasteiger partial charge in [0.15, 0.2) is 0 Å². The predicted molar refractivity (Wildman–Crippen MR) is 83.4 cm³/mol. The largest absolute Gasteiger partial charge is 0.481 e. The molecule has 1 fully saturated rings. The fourth-order valence-corrected chi connectivity index (χ4v) is 3.28. The van der Waals surface area contributed by atoms with E-state index in [9.17, 15) is 9.90 Å². The van der Waals surface area contributed by atoms with Crippen LogP contribution in [0.1, 0.15) is 59.3 Å². The van der Waals surface area contributed by atoms with E-state index >= 15 is 0 Å². The van der Waals surface area contributed by atoms with Crippen molar-refractivity contribution in [2.45, 2.75) is 59.3 Å². The Kier molecular flexibility index (Phi) is 7.14. The van der Waals surface area contributed by atoms with E-state index in [4.69, 9.17) is 9.47 Å². The van der Waals surface area contributed by atoms with Crippen molar-refractivity contribution < 1.29 is 19.4 Å². The van der Waals surface area contributed by atoms with Crippen molar-refractivity contribution >= 4 is 5.97 Å². The van der Waals surface area contributed by atoms with Crippen LogP contribution in [-0.4, -0.2) is 38.0 Å². The molecule has 4 heteroatoms. The van der Waals surface area contributed by atoms with Crippen LogP contribution in [0.5, 0.6) is 0 Å². The maximum atomic E-state index is 11.7. The van der Waals surface area contributed by atoms with E-state index in [1.165, 1.54) is 0 Å². The van der Waals surface area contributed by atoms with E-state index in [-0.39, 0.29) is 5.41 Å². The number of carboxylic acid groups (broad SMARTS) is 1. The quantitative estimate of drug-likeness (QED) is 0.694. The van der Waals surface area contributed by atoms with Crippen molar-refractivity contribution in [3.05, 3.63) is 0 Å². The highest BCUT2D eigenvalue weighted by atomic mass is 16.5. The number of methoxy groups -OCH3 is 1. The van der Waals surface area contributed by atoms with Gasteiger partial charge >= 0.3 is 5.97 Å². The zero-order valence-corrected chi connectivity index (χ0v) is 14.1. The summed E-state index contributed by atoms with van der Waals surface area (Å²) in [4.78, 5) is 11.7. The minimum Gasteiger partial charge on any atom is -0.481 e. The molecule has 0 bridgehead atoms. The molecule has 4 nitrogen and oxygen atoms in total. The lowest BCUT2D eigenvalue weighted by Gasteiger charge is -2.41. The van der Waals surface area contributed by atoms with E-state index in [1.54, 1.807) is 7.11 Å². The summed E-state index contributed by atoms with van der Waals surface area (Å²) in [5, 5.41) is 9.64. The SMILES string of the molecule is COCCCOCCC1(C(=O)O)CCC(C(C)(C)C)CC1. The molecule has 21 heavy (non-hydrogen) atoms. The van der Waals surface area contributed by atoms with E-state index < -0.39 is 11.4 Å². The van der Waals surface area contributed by atoms with Crippen LogP contribution in [0.15, 0.2) is 0 Å². The molecule has 0 radical (unpaired) electrons. The van der Waals surface area contributed by atoms with Crippen LogP contribution in [0.3, 0.4) is 0 Å². The number of aliphatic carboxylic acids is 1. The zero-order valence-electron chi connectivity index (χ0n) is 14.1. The van der Waals surface area contributed by atoms with E-state index in [2.05, 4.69) is 20.8 Å². The smallest absolute Gasteiger partial charge is 0.309 e. The third-order valence-electron chi connectivity index (χ3n) is 4.98. The normalized spacial score (nSPS) is 26.8. The van der Waals surface area contributed by atoms with E-state index in [0.717, 1.165) is 32.1 Å². The monoisotopic (exact) mass is 300 g/mol. The first-order valence-corrected chi connectivity index (χ1v) is 8.12. The molecule has 1 N–H and O–H groups in total. The molecule has 0 saturated heterocycles. The topological polar surface area (TPSA) is 55.8 Å². The molecular weight excluding hydrogens is 268 g/mol. The summed E-state index contributed by atoms with van der Waals surface area (Å²) in [7, 11) is 1.67. The number of rotatable bonds is 8. The number of hydrogen-bond donors (Lipinski definition) is 1. The van der Waals surface area contributed by atoms with Gasteiger partial charge in [0.05, 0.1) is 5.41 Å². The highest BCUT2D eigenvalue weighted by Crippen LogP contribution is 2.47. The lowest BCUT2D eigenvalue weighted by Crippen LogP contribution is -2.39. The van der Waals surface area contributed by atoms with Crippen LogP contribution in [0, 0.1) is 16.7 Å². The molecule has 1 saturated carbocycles. The summed E-state index contributed by atoms with van der Waals surface area (Å²) in [6, 6.07) is 0. The Morgan fingerprint density at radius 1 is 1.19 bits per heavy atom. The Hall–Kier alpha value is -0.610. The lowest BCUT2D eigenvalue weighted by atomic mass is 9.63. The van der Waals surface area contributed by atoms with Crippen molar-refractivity contribution in [1.82, 2.24) is 0 Å². The minimum absolute atomic E-state index is 0.279. The Morgan fingerprint density at radius 2 is 1.81 bits per heavy atom. The molecule has 1 aliphatic carbocycles. The molecule has 0 amide bonds. The number of hydrogen-bond acceptors (Lipinski definition) is 3. The summed E-state index contributed by atoms with van der Waals surface area (Å²) >= 11 is 0. The molecule has 0 aliphatic heterocycles.